The van der Waals surface area contributed by atoms with Crippen molar-refractivity contribution in [3.8, 4) is 0 Å². The van der Waals surface area contributed by atoms with Gasteiger partial charge in [-0.3, -0.25) is 0 Å². The third-order valence-electron chi connectivity index (χ3n) is 1.97. The van der Waals surface area contributed by atoms with E-state index in [9.17, 15) is 4.39 Å². The molecule has 0 saturated carbocycles. The SMILES string of the molecule is COCC(C)NC(=S)Nc1ccc(F)cc1I. The Kier molecular flexibility index (Phi) is 6.07. The zero-order valence-corrected chi connectivity index (χ0v) is 12.6. The van der Waals surface area contributed by atoms with Gasteiger partial charge in [0, 0.05) is 16.7 Å². The lowest BCUT2D eigenvalue weighted by Gasteiger charge is -2.16. The Morgan fingerprint density at radius 1 is 1.59 bits per heavy atom. The van der Waals surface area contributed by atoms with Gasteiger partial charge in [0.15, 0.2) is 5.11 Å². The van der Waals surface area contributed by atoms with E-state index in [4.69, 9.17) is 17.0 Å². The van der Waals surface area contributed by atoms with Gasteiger partial charge < -0.3 is 15.4 Å². The van der Waals surface area contributed by atoms with E-state index in [1.807, 2.05) is 6.92 Å². The molecule has 0 aliphatic carbocycles. The Balaban J connectivity index is 2.56. The quantitative estimate of drug-likeness (QED) is 0.633. The number of thiocarbonyl (C=S) groups is 1. The molecule has 1 aromatic carbocycles. The summed E-state index contributed by atoms with van der Waals surface area (Å²) in [5.41, 5.74) is 0.786. The molecule has 0 bridgehead atoms. The van der Waals surface area contributed by atoms with Crippen molar-refractivity contribution in [1.29, 1.82) is 0 Å². The number of rotatable bonds is 4. The Labute approximate surface area is 119 Å². The van der Waals surface area contributed by atoms with E-state index in [1.165, 1.54) is 12.1 Å². The van der Waals surface area contributed by atoms with Crippen LogP contribution in [0.1, 0.15) is 6.92 Å². The molecule has 3 nitrogen and oxygen atoms in total. The van der Waals surface area contributed by atoms with Gasteiger partial charge >= 0.3 is 0 Å². The first-order valence-electron chi connectivity index (χ1n) is 5.04. The monoisotopic (exact) mass is 368 g/mol. The Morgan fingerprint density at radius 3 is 2.88 bits per heavy atom. The number of hydrogen-bond donors (Lipinski definition) is 2. The smallest absolute Gasteiger partial charge is 0.171 e. The molecule has 0 heterocycles. The second-order valence-corrected chi connectivity index (χ2v) is 5.15. The average Bonchev–Trinajstić information content (AvgIpc) is 2.22. The van der Waals surface area contributed by atoms with Crippen LogP contribution >= 0.6 is 34.8 Å². The maximum atomic E-state index is 12.9. The largest absolute Gasteiger partial charge is 0.383 e. The lowest BCUT2D eigenvalue weighted by Crippen LogP contribution is -2.38. The maximum absolute atomic E-state index is 12.9. The molecule has 17 heavy (non-hydrogen) atoms. The predicted molar refractivity (Wildman–Crippen MR) is 79.8 cm³/mol. The molecule has 0 spiro atoms. The molecular weight excluding hydrogens is 354 g/mol. The van der Waals surface area contributed by atoms with E-state index in [-0.39, 0.29) is 11.9 Å². The predicted octanol–water partition coefficient (Wildman–Crippen LogP) is 2.75. The highest BCUT2D eigenvalue weighted by Crippen LogP contribution is 2.18. The molecule has 0 aliphatic rings. The van der Waals surface area contributed by atoms with Crippen molar-refractivity contribution in [2.24, 2.45) is 0 Å². The summed E-state index contributed by atoms with van der Waals surface area (Å²) in [5, 5.41) is 6.59. The minimum Gasteiger partial charge on any atom is -0.383 e. The molecule has 6 heteroatoms. The lowest BCUT2D eigenvalue weighted by molar-refractivity contribution is 0.179. The number of halogens is 2. The van der Waals surface area contributed by atoms with Gasteiger partial charge in [-0.15, -0.1) is 0 Å². The maximum Gasteiger partial charge on any atom is 0.171 e. The third kappa shape index (κ3) is 5.13. The van der Waals surface area contributed by atoms with Crippen LogP contribution < -0.4 is 10.6 Å². The van der Waals surface area contributed by atoms with Gasteiger partial charge in [0.05, 0.1) is 12.3 Å². The summed E-state index contributed by atoms with van der Waals surface area (Å²) < 4.78 is 18.7. The van der Waals surface area contributed by atoms with Crippen LogP contribution in [0.2, 0.25) is 0 Å². The Hall–Kier alpha value is -0.470. The van der Waals surface area contributed by atoms with Gasteiger partial charge in [0.1, 0.15) is 5.82 Å². The van der Waals surface area contributed by atoms with Crippen molar-refractivity contribution < 1.29 is 9.13 Å². The molecule has 0 saturated heterocycles. The highest BCUT2D eigenvalue weighted by atomic mass is 127. The zero-order chi connectivity index (χ0) is 12.8. The van der Waals surface area contributed by atoms with Crippen molar-refractivity contribution in [3.63, 3.8) is 0 Å². The summed E-state index contributed by atoms with van der Waals surface area (Å²) in [5.74, 6) is -0.258. The van der Waals surface area contributed by atoms with Gasteiger partial charge in [0.25, 0.3) is 0 Å². The summed E-state index contributed by atoms with van der Waals surface area (Å²) in [6.07, 6.45) is 0. The molecule has 1 rings (SSSR count). The number of nitrogens with one attached hydrogen (secondary N) is 2. The fourth-order valence-electron chi connectivity index (χ4n) is 1.26. The third-order valence-corrected chi connectivity index (χ3v) is 3.09. The lowest BCUT2D eigenvalue weighted by atomic mass is 10.3. The van der Waals surface area contributed by atoms with Crippen molar-refractivity contribution in [3.05, 3.63) is 27.6 Å². The van der Waals surface area contributed by atoms with Crippen molar-refractivity contribution in [1.82, 2.24) is 5.32 Å². The van der Waals surface area contributed by atoms with Crippen LogP contribution in [0.3, 0.4) is 0 Å². The van der Waals surface area contributed by atoms with Crippen LogP contribution in [-0.2, 0) is 4.74 Å². The van der Waals surface area contributed by atoms with Gasteiger partial charge in [-0.2, -0.15) is 0 Å². The van der Waals surface area contributed by atoms with Crippen LogP contribution in [0.25, 0.3) is 0 Å². The van der Waals surface area contributed by atoms with E-state index >= 15 is 0 Å². The van der Waals surface area contributed by atoms with E-state index in [0.29, 0.717) is 11.7 Å². The van der Waals surface area contributed by atoms with Crippen molar-refractivity contribution in [2.45, 2.75) is 13.0 Å². The first-order chi connectivity index (χ1) is 8.02. The first kappa shape index (κ1) is 14.6. The van der Waals surface area contributed by atoms with Crippen molar-refractivity contribution >= 4 is 45.6 Å². The molecule has 0 amide bonds. The molecule has 0 fully saturated rings. The van der Waals surface area contributed by atoms with E-state index in [2.05, 4.69) is 33.2 Å². The van der Waals surface area contributed by atoms with Crippen LogP contribution in [-0.4, -0.2) is 24.9 Å². The minimum atomic E-state index is -0.258. The summed E-state index contributed by atoms with van der Waals surface area (Å²) in [6.45, 7) is 2.54. The number of methoxy groups -OCH3 is 1. The van der Waals surface area contributed by atoms with Gasteiger partial charge in [-0.1, -0.05) is 0 Å². The second-order valence-electron chi connectivity index (χ2n) is 3.58. The first-order valence-corrected chi connectivity index (χ1v) is 6.53. The topological polar surface area (TPSA) is 33.3 Å². The van der Waals surface area contributed by atoms with Gasteiger partial charge in [-0.25, -0.2) is 4.39 Å². The Bertz CT molecular complexity index is 403. The summed E-state index contributed by atoms with van der Waals surface area (Å²) in [7, 11) is 1.64. The standard InChI is InChI=1S/C11H14FIN2OS/c1-7(6-16-2)14-11(17)15-10-4-3-8(12)5-9(10)13/h3-5,7H,6H2,1-2H3,(H2,14,15,17). The highest BCUT2D eigenvalue weighted by Gasteiger charge is 2.06. The molecule has 94 valence electrons. The zero-order valence-electron chi connectivity index (χ0n) is 9.59. The molecule has 1 atom stereocenters. The number of anilines is 1. The highest BCUT2D eigenvalue weighted by molar-refractivity contribution is 14.1. The fourth-order valence-corrected chi connectivity index (χ4v) is 2.19. The van der Waals surface area contributed by atoms with Crippen LogP contribution in [0.5, 0.6) is 0 Å². The Morgan fingerprint density at radius 2 is 2.29 bits per heavy atom. The van der Waals surface area contributed by atoms with Gasteiger partial charge in [-0.05, 0) is 59.9 Å². The van der Waals surface area contributed by atoms with Gasteiger partial charge in [0.2, 0.25) is 0 Å². The van der Waals surface area contributed by atoms with E-state index in [0.717, 1.165) is 9.26 Å². The molecule has 0 radical (unpaired) electrons. The van der Waals surface area contributed by atoms with Crippen molar-refractivity contribution in [2.75, 3.05) is 19.0 Å². The molecule has 2 N–H and O–H groups in total. The second kappa shape index (κ2) is 7.07. The fraction of sp³-hybridized carbons (Fsp3) is 0.364. The normalized spacial score (nSPS) is 12.0. The van der Waals surface area contributed by atoms with Crippen LogP contribution in [0.4, 0.5) is 10.1 Å². The molecule has 1 unspecified atom stereocenters. The van der Waals surface area contributed by atoms with Crippen LogP contribution in [0.15, 0.2) is 18.2 Å². The molecule has 0 aromatic heterocycles. The number of hydrogen-bond acceptors (Lipinski definition) is 2. The van der Waals surface area contributed by atoms with Crippen LogP contribution in [0, 0.1) is 9.39 Å². The van der Waals surface area contributed by atoms with E-state index < -0.39 is 0 Å². The average molecular weight is 368 g/mol. The minimum absolute atomic E-state index is 0.123. The summed E-state index contributed by atoms with van der Waals surface area (Å²) in [6, 6.07) is 4.63. The molecule has 1 aromatic rings. The van der Waals surface area contributed by atoms with E-state index in [1.54, 1.807) is 13.2 Å². The number of benzene rings is 1. The molecular formula is C11H14FIN2OS. The number of ether oxygens (including phenoxy) is 1. The summed E-state index contributed by atoms with van der Waals surface area (Å²) in [4.78, 5) is 0. The summed E-state index contributed by atoms with van der Waals surface area (Å²) >= 11 is 7.20. The molecule has 0 aliphatic heterocycles.